The van der Waals surface area contributed by atoms with Gasteiger partial charge in [-0.1, -0.05) is 23.7 Å². The molecule has 4 rings (SSSR count). The molecule has 8 nitrogen and oxygen atoms in total. The van der Waals surface area contributed by atoms with Crippen LogP contribution in [-0.4, -0.2) is 48.9 Å². The van der Waals surface area contributed by atoms with Gasteiger partial charge in [0.2, 0.25) is 10.0 Å². The van der Waals surface area contributed by atoms with Gasteiger partial charge in [-0.15, -0.1) is 0 Å². The molecule has 1 aliphatic rings. The fourth-order valence-electron chi connectivity index (χ4n) is 3.62. The van der Waals surface area contributed by atoms with Crippen molar-refractivity contribution in [3.8, 4) is 11.3 Å². The van der Waals surface area contributed by atoms with Crippen molar-refractivity contribution in [2.45, 2.75) is 31.0 Å². The third-order valence-electron chi connectivity index (χ3n) is 5.03. The number of nitrogens with zero attached hydrogens (tertiary/aromatic N) is 2. The molecule has 1 amide bonds. The van der Waals surface area contributed by atoms with Crippen LogP contribution in [0, 0.1) is 0 Å². The maximum Gasteiger partial charge on any atom is 0.255 e. The number of aromatic nitrogens is 1. The second kappa shape index (κ2) is 9.03. The van der Waals surface area contributed by atoms with Crippen LogP contribution in [0.25, 0.3) is 11.3 Å². The molecule has 1 N–H and O–H groups in total. The lowest BCUT2D eigenvalue weighted by molar-refractivity contribution is -0.0440. The molecule has 0 bridgehead atoms. The van der Waals surface area contributed by atoms with Crippen LogP contribution in [0.15, 0.2) is 64.4 Å². The lowest BCUT2D eigenvalue weighted by atomic mass is 10.1. The Morgan fingerprint density at radius 1 is 1.16 bits per heavy atom. The predicted octanol–water partition coefficient (Wildman–Crippen LogP) is 4.05. The fraction of sp³-hybridized carbons (Fsp3) is 0.273. The molecule has 3 aromatic rings. The number of benzene rings is 2. The zero-order chi connectivity index (χ0) is 22.9. The molecule has 0 aliphatic carbocycles. The molecule has 1 saturated heterocycles. The molecular weight excluding hydrogens is 454 g/mol. The van der Waals surface area contributed by atoms with E-state index in [9.17, 15) is 13.2 Å². The summed E-state index contributed by atoms with van der Waals surface area (Å²) in [5.74, 6) is 0.103. The third-order valence-corrected chi connectivity index (χ3v) is 7.35. The molecule has 2 aromatic carbocycles. The van der Waals surface area contributed by atoms with Crippen LogP contribution in [0.1, 0.15) is 24.2 Å². The first-order valence-electron chi connectivity index (χ1n) is 9.99. The Hall–Kier alpha value is -2.72. The molecule has 0 spiro atoms. The van der Waals surface area contributed by atoms with Crippen LogP contribution in [0.3, 0.4) is 0 Å². The summed E-state index contributed by atoms with van der Waals surface area (Å²) in [5, 5.41) is 2.84. The lowest BCUT2D eigenvalue weighted by Crippen LogP contribution is -2.48. The summed E-state index contributed by atoms with van der Waals surface area (Å²) in [6.45, 7) is 4.06. The minimum Gasteiger partial charge on any atom is -0.444 e. The first-order valence-corrected chi connectivity index (χ1v) is 11.8. The second-order valence-corrected chi connectivity index (χ2v) is 9.94. The Morgan fingerprint density at radius 3 is 2.59 bits per heavy atom. The fourth-order valence-corrected chi connectivity index (χ4v) is 5.71. The van der Waals surface area contributed by atoms with E-state index >= 15 is 0 Å². The van der Waals surface area contributed by atoms with Gasteiger partial charge in [-0.2, -0.15) is 4.31 Å². The second-order valence-electron chi connectivity index (χ2n) is 7.63. The molecule has 168 valence electrons. The molecular formula is C22H22ClN3O5S. The highest BCUT2D eigenvalue weighted by Crippen LogP contribution is 2.29. The molecule has 0 saturated carbocycles. The highest BCUT2D eigenvalue weighted by molar-refractivity contribution is 7.89. The van der Waals surface area contributed by atoms with Gasteiger partial charge in [-0.05, 0) is 44.2 Å². The number of anilines is 1. The number of halogens is 1. The van der Waals surface area contributed by atoms with Gasteiger partial charge in [0.05, 0.1) is 23.4 Å². The van der Waals surface area contributed by atoms with E-state index in [0.717, 1.165) is 5.56 Å². The lowest BCUT2D eigenvalue weighted by Gasteiger charge is -2.34. The van der Waals surface area contributed by atoms with Gasteiger partial charge in [0.15, 0.2) is 12.2 Å². The summed E-state index contributed by atoms with van der Waals surface area (Å²) in [4.78, 5) is 16.6. The largest absolute Gasteiger partial charge is 0.444 e. The van der Waals surface area contributed by atoms with Gasteiger partial charge >= 0.3 is 0 Å². The van der Waals surface area contributed by atoms with E-state index in [-0.39, 0.29) is 40.8 Å². The van der Waals surface area contributed by atoms with E-state index in [1.807, 2.05) is 19.9 Å². The van der Waals surface area contributed by atoms with Crippen LogP contribution < -0.4 is 5.32 Å². The van der Waals surface area contributed by atoms with Crippen molar-refractivity contribution >= 4 is 33.2 Å². The summed E-state index contributed by atoms with van der Waals surface area (Å²) >= 11 is 6.23. The number of carbonyl (C=O) groups excluding carboxylic acids is 1. The van der Waals surface area contributed by atoms with Crippen LogP contribution in [0.2, 0.25) is 5.02 Å². The number of ether oxygens (including phenoxy) is 1. The van der Waals surface area contributed by atoms with E-state index in [2.05, 4.69) is 10.3 Å². The van der Waals surface area contributed by atoms with Crippen LogP contribution in [0.5, 0.6) is 0 Å². The van der Waals surface area contributed by atoms with E-state index in [1.165, 1.54) is 28.9 Å². The average Bonchev–Trinajstić information content (AvgIpc) is 3.28. The molecule has 32 heavy (non-hydrogen) atoms. The van der Waals surface area contributed by atoms with Crippen molar-refractivity contribution in [3.05, 3.63) is 65.6 Å². The average molecular weight is 476 g/mol. The zero-order valence-corrected chi connectivity index (χ0v) is 19.1. The van der Waals surface area contributed by atoms with E-state index in [1.54, 1.807) is 24.4 Å². The van der Waals surface area contributed by atoms with Crippen molar-refractivity contribution in [1.29, 1.82) is 0 Å². The predicted molar refractivity (Wildman–Crippen MR) is 120 cm³/mol. The Morgan fingerprint density at radius 2 is 1.91 bits per heavy atom. The molecule has 0 radical (unpaired) electrons. The minimum absolute atomic E-state index is 0.0562. The van der Waals surface area contributed by atoms with Crippen molar-refractivity contribution in [2.75, 3.05) is 18.4 Å². The summed E-state index contributed by atoms with van der Waals surface area (Å²) in [6, 6.07) is 11.3. The van der Waals surface area contributed by atoms with Gasteiger partial charge in [0, 0.05) is 29.9 Å². The van der Waals surface area contributed by atoms with Gasteiger partial charge < -0.3 is 14.5 Å². The molecule has 2 heterocycles. The molecule has 1 aromatic heterocycles. The number of carbonyl (C=O) groups is 1. The number of hydrogen-bond donors (Lipinski definition) is 1. The minimum atomic E-state index is -3.90. The Kier molecular flexibility index (Phi) is 6.34. The molecule has 1 fully saturated rings. The van der Waals surface area contributed by atoms with Crippen molar-refractivity contribution in [1.82, 2.24) is 9.29 Å². The SMILES string of the molecule is C[C@H]1CN(S(=O)(=O)c2cc(C(=O)Nc3cccc(-c4cnco4)c3)ccc2Cl)C[C@H](C)O1. The smallest absolute Gasteiger partial charge is 0.255 e. The van der Waals surface area contributed by atoms with Gasteiger partial charge in [0.25, 0.3) is 5.91 Å². The highest BCUT2D eigenvalue weighted by Gasteiger charge is 2.33. The third kappa shape index (κ3) is 4.71. The molecule has 10 heteroatoms. The van der Waals surface area contributed by atoms with Gasteiger partial charge in [0.1, 0.15) is 4.90 Å². The van der Waals surface area contributed by atoms with Crippen LogP contribution in [0.4, 0.5) is 5.69 Å². The van der Waals surface area contributed by atoms with Gasteiger partial charge in [-0.3, -0.25) is 4.79 Å². The number of oxazole rings is 1. The first-order chi connectivity index (χ1) is 15.2. The van der Waals surface area contributed by atoms with Crippen molar-refractivity contribution in [2.24, 2.45) is 0 Å². The van der Waals surface area contributed by atoms with Gasteiger partial charge in [-0.25, -0.2) is 13.4 Å². The van der Waals surface area contributed by atoms with Crippen molar-refractivity contribution < 1.29 is 22.4 Å². The molecule has 1 aliphatic heterocycles. The monoisotopic (exact) mass is 475 g/mol. The van der Waals surface area contributed by atoms with Crippen LogP contribution >= 0.6 is 11.6 Å². The summed E-state index contributed by atoms with van der Waals surface area (Å²) < 4.78 is 38.7. The normalized spacial score (nSPS) is 19.6. The number of morpholine rings is 1. The number of rotatable bonds is 5. The van der Waals surface area contributed by atoms with Crippen LogP contribution in [-0.2, 0) is 14.8 Å². The van der Waals surface area contributed by atoms with E-state index in [0.29, 0.717) is 11.4 Å². The topological polar surface area (TPSA) is 102 Å². The molecule has 2 atom stereocenters. The maximum atomic E-state index is 13.2. The quantitative estimate of drug-likeness (QED) is 0.597. The van der Waals surface area contributed by atoms with E-state index < -0.39 is 15.9 Å². The first kappa shape index (κ1) is 22.5. The Bertz CT molecular complexity index is 1220. The zero-order valence-electron chi connectivity index (χ0n) is 17.5. The molecule has 0 unspecified atom stereocenters. The van der Waals surface area contributed by atoms with E-state index in [4.69, 9.17) is 20.8 Å². The number of sulfonamides is 1. The Balaban J connectivity index is 1.59. The summed E-state index contributed by atoms with van der Waals surface area (Å²) in [7, 11) is -3.90. The summed E-state index contributed by atoms with van der Waals surface area (Å²) in [5.41, 5.74) is 1.45. The highest BCUT2D eigenvalue weighted by atomic mass is 35.5. The number of nitrogens with one attached hydrogen (secondary N) is 1. The maximum absolute atomic E-state index is 13.2. The summed E-state index contributed by atoms with van der Waals surface area (Å²) in [6.07, 6.45) is 2.42. The number of amides is 1. The standard InChI is InChI=1S/C22H22ClN3O5S/c1-14-11-26(12-15(2)31-14)32(28,29)21-9-17(6-7-19(21)23)22(27)25-18-5-3-4-16(8-18)20-10-24-13-30-20/h3-10,13-15H,11-12H2,1-2H3,(H,25,27)/t14-,15-/m0/s1. The number of hydrogen-bond acceptors (Lipinski definition) is 6. The Labute approximate surface area is 191 Å². The van der Waals surface area contributed by atoms with Crippen molar-refractivity contribution in [3.63, 3.8) is 0 Å².